The molecule has 2 rings (SSSR count). The van der Waals surface area contributed by atoms with E-state index in [0.29, 0.717) is 11.3 Å². The van der Waals surface area contributed by atoms with E-state index in [1.807, 2.05) is 0 Å². The van der Waals surface area contributed by atoms with E-state index in [-0.39, 0.29) is 11.7 Å². The number of nitrogens with one attached hydrogen (secondary N) is 1. The van der Waals surface area contributed by atoms with Gasteiger partial charge in [0.05, 0.1) is 13.3 Å². The van der Waals surface area contributed by atoms with Gasteiger partial charge in [-0.25, -0.2) is 0 Å². The number of aromatic nitrogens is 1. The molecular formula is C12H12N2O3. The third kappa shape index (κ3) is 2.44. The third-order valence-electron chi connectivity index (χ3n) is 2.30. The molecule has 1 N–H and O–H groups in total. The van der Waals surface area contributed by atoms with Crippen LogP contribution in [0.25, 0.3) is 0 Å². The average molecular weight is 232 g/mol. The minimum absolute atomic E-state index is 0.223. The van der Waals surface area contributed by atoms with Crippen LogP contribution in [0.15, 0.2) is 35.0 Å². The second-order valence-corrected chi connectivity index (χ2v) is 3.52. The number of benzene rings is 1. The predicted octanol–water partition coefficient (Wildman–Crippen LogP) is 2.24. The first kappa shape index (κ1) is 11.2. The molecule has 0 saturated heterocycles. The molecule has 5 heteroatoms. The van der Waals surface area contributed by atoms with Gasteiger partial charge in [-0.2, -0.15) is 0 Å². The maximum atomic E-state index is 11.8. The van der Waals surface area contributed by atoms with Gasteiger partial charge in [-0.1, -0.05) is 5.16 Å². The van der Waals surface area contributed by atoms with Gasteiger partial charge in [-0.15, -0.1) is 0 Å². The molecule has 17 heavy (non-hydrogen) atoms. The first-order valence-electron chi connectivity index (χ1n) is 5.07. The lowest BCUT2D eigenvalue weighted by Gasteiger charge is -2.04. The van der Waals surface area contributed by atoms with Crippen molar-refractivity contribution in [2.45, 2.75) is 6.92 Å². The summed E-state index contributed by atoms with van der Waals surface area (Å²) >= 11 is 0. The van der Waals surface area contributed by atoms with E-state index >= 15 is 0 Å². The maximum absolute atomic E-state index is 11.8. The molecule has 0 radical (unpaired) electrons. The van der Waals surface area contributed by atoms with Gasteiger partial charge in [0.15, 0.2) is 0 Å². The average Bonchev–Trinajstić information content (AvgIpc) is 2.76. The van der Waals surface area contributed by atoms with Crippen molar-refractivity contribution in [1.82, 2.24) is 5.16 Å². The van der Waals surface area contributed by atoms with Crippen LogP contribution in [-0.4, -0.2) is 18.2 Å². The summed E-state index contributed by atoms with van der Waals surface area (Å²) in [6.07, 6.45) is 1.50. The van der Waals surface area contributed by atoms with Crippen LogP contribution in [0.1, 0.15) is 16.1 Å². The van der Waals surface area contributed by atoms with Crippen molar-refractivity contribution in [3.63, 3.8) is 0 Å². The molecule has 1 amide bonds. The number of anilines is 1. The summed E-state index contributed by atoms with van der Waals surface area (Å²) in [6.45, 7) is 1.76. The lowest BCUT2D eigenvalue weighted by molar-refractivity contribution is 0.0987. The number of hydrogen-bond acceptors (Lipinski definition) is 4. The van der Waals surface area contributed by atoms with Gasteiger partial charge in [0.2, 0.25) is 5.76 Å². The molecule has 0 aliphatic carbocycles. The number of hydrogen-bond donors (Lipinski definition) is 1. The van der Waals surface area contributed by atoms with Crippen molar-refractivity contribution < 1.29 is 14.1 Å². The number of nitrogens with zero attached hydrogens (tertiary/aromatic N) is 1. The largest absolute Gasteiger partial charge is 0.497 e. The molecule has 0 atom stereocenters. The molecule has 0 fully saturated rings. The lowest BCUT2D eigenvalue weighted by atomic mass is 10.2. The fraction of sp³-hybridized carbons (Fsp3) is 0.167. The molecule has 0 aliphatic rings. The fourth-order valence-corrected chi connectivity index (χ4v) is 1.37. The Hall–Kier alpha value is -2.30. The minimum Gasteiger partial charge on any atom is -0.497 e. The molecule has 0 bridgehead atoms. The zero-order chi connectivity index (χ0) is 12.3. The SMILES string of the molecule is COc1ccc(NC(=O)c2oncc2C)cc1. The Labute approximate surface area is 98.4 Å². The van der Waals surface area contributed by atoms with Gasteiger partial charge in [0, 0.05) is 11.3 Å². The predicted molar refractivity (Wildman–Crippen MR) is 62.2 cm³/mol. The van der Waals surface area contributed by atoms with Crippen molar-refractivity contribution >= 4 is 11.6 Å². The summed E-state index contributed by atoms with van der Waals surface area (Å²) in [5.41, 5.74) is 1.38. The molecule has 0 unspecified atom stereocenters. The van der Waals surface area contributed by atoms with Crippen molar-refractivity contribution in [2.75, 3.05) is 12.4 Å². The van der Waals surface area contributed by atoms with Crippen LogP contribution < -0.4 is 10.1 Å². The van der Waals surface area contributed by atoms with Crippen LogP contribution in [0, 0.1) is 6.92 Å². The van der Waals surface area contributed by atoms with Gasteiger partial charge in [-0.05, 0) is 31.2 Å². The minimum atomic E-state index is -0.315. The number of carbonyl (C=O) groups excluding carboxylic acids is 1. The summed E-state index contributed by atoms with van der Waals surface area (Å²) in [5, 5.41) is 6.26. The van der Waals surface area contributed by atoms with Crippen molar-refractivity contribution in [1.29, 1.82) is 0 Å². The van der Waals surface area contributed by atoms with Gasteiger partial charge in [-0.3, -0.25) is 4.79 Å². The second-order valence-electron chi connectivity index (χ2n) is 3.52. The molecule has 5 nitrogen and oxygen atoms in total. The van der Waals surface area contributed by atoms with Gasteiger partial charge >= 0.3 is 0 Å². The zero-order valence-electron chi connectivity index (χ0n) is 9.56. The number of carbonyl (C=O) groups is 1. The zero-order valence-corrected chi connectivity index (χ0v) is 9.56. The Kier molecular flexibility index (Phi) is 3.09. The normalized spacial score (nSPS) is 10.0. The Morgan fingerprint density at radius 1 is 1.35 bits per heavy atom. The van der Waals surface area contributed by atoms with E-state index in [4.69, 9.17) is 9.26 Å². The Morgan fingerprint density at radius 2 is 2.06 bits per heavy atom. The fourth-order valence-electron chi connectivity index (χ4n) is 1.37. The smallest absolute Gasteiger partial charge is 0.294 e. The van der Waals surface area contributed by atoms with Crippen LogP contribution in [0.5, 0.6) is 5.75 Å². The highest BCUT2D eigenvalue weighted by Gasteiger charge is 2.13. The van der Waals surface area contributed by atoms with E-state index in [1.165, 1.54) is 6.20 Å². The molecule has 1 heterocycles. The van der Waals surface area contributed by atoms with Gasteiger partial charge in [0.1, 0.15) is 5.75 Å². The quantitative estimate of drug-likeness (QED) is 0.881. The molecular weight excluding hydrogens is 220 g/mol. The van der Waals surface area contributed by atoms with Gasteiger partial charge in [0.25, 0.3) is 5.91 Å². The summed E-state index contributed by atoms with van der Waals surface area (Å²) in [4.78, 5) is 11.8. The molecule has 0 saturated carbocycles. The van der Waals surface area contributed by atoms with Crippen LogP contribution in [-0.2, 0) is 0 Å². The van der Waals surface area contributed by atoms with E-state index in [1.54, 1.807) is 38.3 Å². The van der Waals surface area contributed by atoms with Crippen molar-refractivity contribution in [3.8, 4) is 5.75 Å². The first-order chi connectivity index (χ1) is 8.20. The lowest BCUT2D eigenvalue weighted by Crippen LogP contribution is -2.11. The Morgan fingerprint density at radius 3 is 2.59 bits per heavy atom. The molecule has 0 spiro atoms. The van der Waals surface area contributed by atoms with Crippen LogP contribution in [0.3, 0.4) is 0 Å². The highest BCUT2D eigenvalue weighted by Crippen LogP contribution is 2.16. The summed E-state index contributed by atoms with van der Waals surface area (Å²) in [7, 11) is 1.59. The monoisotopic (exact) mass is 232 g/mol. The topological polar surface area (TPSA) is 64.4 Å². The number of methoxy groups -OCH3 is 1. The van der Waals surface area contributed by atoms with Crippen LogP contribution >= 0.6 is 0 Å². The highest BCUT2D eigenvalue weighted by atomic mass is 16.5. The number of amides is 1. The molecule has 2 aromatic rings. The van der Waals surface area contributed by atoms with Crippen LogP contribution in [0.2, 0.25) is 0 Å². The molecule has 88 valence electrons. The number of ether oxygens (including phenoxy) is 1. The van der Waals surface area contributed by atoms with Gasteiger partial charge < -0.3 is 14.6 Å². The van der Waals surface area contributed by atoms with Crippen molar-refractivity contribution in [3.05, 3.63) is 41.8 Å². The van der Waals surface area contributed by atoms with Crippen LogP contribution in [0.4, 0.5) is 5.69 Å². The summed E-state index contributed by atoms with van der Waals surface area (Å²) < 4.78 is 9.88. The van der Waals surface area contributed by atoms with E-state index < -0.39 is 0 Å². The van der Waals surface area contributed by atoms with E-state index in [2.05, 4.69) is 10.5 Å². The second kappa shape index (κ2) is 4.69. The molecule has 1 aromatic heterocycles. The first-order valence-corrected chi connectivity index (χ1v) is 5.07. The van der Waals surface area contributed by atoms with Crippen molar-refractivity contribution in [2.24, 2.45) is 0 Å². The third-order valence-corrected chi connectivity index (χ3v) is 2.30. The summed E-state index contributed by atoms with van der Waals surface area (Å²) in [6, 6.07) is 7.04. The number of aryl methyl sites for hydroxylation is 1. The standard InChI is InChI=1S/C12H12N2O3/c1-8-7-13-17-11(8)12(15)14-9-3-5-10(16-2)6-4-9/h3-7H,1-2H3,(H,14,15). The Bertz CT molecular complexity index is 517. The number of rotatable bonds is 3. The Balaban J connectivity index is 2.10. The molecule has 1 aromatic carbocycles. The van der Waals surface area contributed by atoms with E-state index in [9.17, 15) is 4.79 Å². The summed E-state index contributed by atoms with van der Waals surface area (Å²) in [5.74, 6) is 0.643. The highest BCUT2D eigenvalue weighted by molar-refractivity contribution is 6.03. The van der Waals surface area contributed by atoms with E-state index in [0.717, 1.165) is 5.75 Å². The molecule has 0 aliphatic heterocycles. The maximum Gasteiger partial charge on any atom is 0.294 e.